The molecule has 72 valence electrons. The Morgan fingerprint density at radius 3 is 2.54 bits per heavy atom. The predicted octanol–water partition coefficient (Wildman–Crippen LogP) is -2.94. The van der Waals surface area contributed by atoms with E-state index in [1.807, 2.05) is 0 Å². The molecule has 1 N–H and O–H groups in total. The van der Waals surface area contributed by atoms with Crippen molar-refractivity contribution in [2.75, 3.05) is 5.75 Å². The molecule has 0 aromatic rings. The largest absolute Gasteiger partial charge is 1.00 e. The molecule has 1 atom stereocenters. The van der Waals surface area contributed by atoms with Crippen molar-refractivity contribution in [3.63, 3.8) is 0 Å². The Balaban J connectivity index is -0.000000605. The molecule has 0 aromatic heterocycles. The molecule has 0 spiro atoms. The molecule has 0 rings (SSSR count). The third-order valence-electron chi connectivity index (χ3n) is 1.13. The Hall–Kier alpha value is -0.0826. The SMILES string of the molecule is C=CC(=O)NC(C)(C)CS(=O)[O-].[H-].[Li+]. The molecule has 1 unspecified atom stereocenters. The molecule has 0 fully saturated rings. The van der Waals surface area contributed by atoms with Gasteiger partial charge in [-0.3, -0.25) is 9.00 Å². The first-order valence-electron chi connectivity index (χ1n) is 3.38. The average Bonchev–Trinajstić information content (AvgIpc) is 1.83. The van der Waals surface area contributed by atoms with Crippen LogP contribution in [0.2, 0.25) is 0 Å². The van der Waals surface area contributed by atoms with Gasteiger partial charge in [0.1, 0.15) is 0 Å². The molecule has 0 bridgehead atoms. The van der Waals surface area contributed by atoms with E-state index < -0.39 is 16.6 Å². The summed E-state index contributed by atoms with van der Waals surface area (Å²) in [5, 5.41) is 2.49. The summed E-state index contributed by atoms with van der Waals surface area (Å²) in [5.41, 5.74) is -0.738. The summed E-state index contributed by atoms with van der Waals surface area (Å²) in [6.45, 7) is 6.52. The third-order valence-corrected chi connectivity index (χ3v) is 2.08. The zero-order chi connectivity index (χ0) is 9.78. The fraction of sp³-hybridized carbons (Fsp3) is 0.571. The Morgan fingerprint density at radius 1 is 1.77 bits per heavy atom. The van der Waals surface area contributed by atoms with Gasteiger partial charge in [-0.25, -0.2) is 0 Å². The second-order valence-electron chi connectivity index (χ2n) is 3.03. The predicted molar refractivity (Wildman–Crippen MR) is 47.3 cm³/mol. The molecule has 0 aliphatic rings. The maximum atomic E-state index is 10.8. The van der Waals surface area contributed by atoms with Crippen LogP contribution in [0.1, 0.15) is 15.3 Å². The van der Waals surface area contributed by atoms with E-state index in [-0.39, 0.29) is 31.9 Å². The molecule has 1 amide bonds. The molecule has 0 aromatic carbocycles. The summed E-state index contributed by atoms with van der Waals surface area (Å²) in [6, 6.07) is 0. The van der Waals surface area contributed by atoms with Gasteiger partial charge in [0.2, 0.25) is 5.91 Å². The minimum absolute atomic E-state index is 0. The Kier molecular flexibility index (Phi) is 7.56. The zero-order valence-electron chi connectivity index (χ0n) is 9.12. The molecule has 0 heterocycles. The fourth-order valence-electron chi connectivity index (χ4n) is 0.715. The van der Waals surface area contributed by atoms with Gasteiger partial charge in [0, 0.05) is 11.3 Å². The maximum absolute atomic E-state index is 10.8. The van der Waals surface area contributed by atoms with E-state index in [9.17, 15) is 13.6 Å². The molecule has 0 saturated carbocycles. The van der Waals surface area contributed by atoms with Gasteiger partial charge in [-0.05, 0) is 19.9 Å². The number of carbonyl (C=O) groups excluding carboxylic acids is 1. The minimum Gasteiger partial charge on any atom is -1.00 e. The normalized spacial score (nSPS) is 12.5. The van der Waals surface area contributed by atoms with Gasteiger partial charge in [0.05, 0.1) is 0 Å². The minimum atomic E-state index is -2.15. The molecular formula is C7H13LiNO3S-. The zero-order valence-corrected chi connectivity index (χ0v) is 8.94. The third kappa shape index (κ3) is 8.25. The van der Waals surface area contributed by atoms with Crippen LogP contribution in [0.3, 0.4) is 0 Å². The Bertz CT molecular complexity index is 223. The standard InChI is InChI=1S/C7H13NO3S.Li.H/c1-4-6(9)8-7(2,3)5-12(10)11;;/h4H,1,5H2,2-3H3,(H,8,9)(H,10,11);;/q;+1;-1/p-1. The molecule has 0 radical (unpaired) electrons. The van der Waals surface area contributed by atoms with Crippen LogP contribution < -0.4 is 24.2 Å². The van der Waals surface area contributed by atoms with E-state index in [2.05, 4.69) is 11.9 Å². The average molecular weight is 198 g/mol. The van der Waals surface area contributed by atoms with E-state index >= 15 is 0 Å². The molecule has 0 aliphatic heterocycles. The molecule has 13 heavy (non-hydrogen) atoms. The molecule has 6 heteroatoms. The summed E-state index contributed by atoms with van der Waals surface area (Å²) < 4.78 is 20.6. The van der Waals surface area contributed by atoms with Crippen LogP contribution >= 0.6 is 0 Å². The van der Waals surface area contributed by atoms with E-state index in [0.29, 0.717) is 0 Å². The van der Waals surface area contributed by atoms with Crippen molar-refractivity contribution >= 4 is 17.0 Å². The van der Waals surface area contributed by atoms with E-state index in [4.69, 9.17) is 0 Å². The van der Waals surface area contributed by atoms with Crippen molar-refractivity contribution in [3.8, 4) is 0 Å². The van der Waals surface area contributed by atoms with Crippen LogP contribution in [0, 0.1) is 0 Å². The van der Waals surface area contributed by atoms with Crippen molar-refractivity contribution in [3.05, 3.63) is 12.7 Å². The van der Waals surface area contributed by atoms with Crippen molar-refractivity contribution in [1.29, 1.82) is 0 Å². The van der Waals surface area contributed by atoms with Gasteiger partial charge >= 0.3 is 18.9 Å². The van der Waals surface area contributed by atoms with Crippen molar-refractivity contribution in [1.82, 2.24) is 5.32 Å². The van der Waals surface area contributed by atoms with Gasteiger partial charge in [-0.2, -0.15) is 0 Å². The van der Waals surface area contributed by atoms with Crippen LogP contribution in [0.15, 0.2) is 12.7 Å². The van der Waals surface area contributed by atoms with Crippen LogP contribution in [0.25, 0.3) is 0 Å². The Morgan fingerprint density at radius 2 is 2.23 bits per heavy atom. The summed E-state index contributed by atoms with van der Waals surface area (Å²) in [7, 11) is 0. The maximum Gasteiger partial charge on any atom is 1.00 e. The fourth-order valence-corrected chi connectivity index (χ4v) is 1.38. The smallest absolute Gasteiger partial charge is 1.00 e. The van der Waals surface area contributed by atoms with Gasteiger partial charge in [0.15, 0.2) is 0 Å². The van der Waals surface area contributed by atoms with Crippen LogP contribution in [-0.2, 0) is 15.9 Å². The molecule has 4 nitrogen and oxygen atoms in total. The number of hydrogen-bond donors (Lipinski definition) is 1. The van der Waals surface area contributed by atoms with Crippen molar-refractivity contribution in [2.45, 2.75) is 19.4 Å². The summed E-state index contributed by atoms with van der Waals surface area (Å²) in [5.74, 6) is -0.475. The topological polar surface area (TPSA) is 69.2 Å². The molecule has 0 saturated heterocycles. The number of hydrogen-bond acceptors (Lipinski definition) is 3. The first-order chi connectivity index (χ1) is 5.37. The molecule has 0 aliphatic carbocycles. The monoisotopic (exact) mass is 198 g/mol. The van der Waals surface area contributed by atoms with E-state index in [1.165, 1.54) is 0 Å². The van der Waals surface area contributed by atoms with Gasteiger partial charge in [-0.15, -0.1) is 0 Å². The number of nitrogens with one attached hydrogen (secondary N) is 1. The quantitative estimate of drug-likeness (QED) is 0.298. The van der Waals surface area contributed by atoms with Crippen molar-refractivity contribution < 1.29 is 33.8 Å². The van der Waals surface area contributed by atoms with Gasteiger partial charge < -0.3 is 11.3 Å². The second-order valence-corrected chi connectivity index (χ2v) is 3.92. The Labute approximate surface area is 94.1 Å². The van der Waals surface area contributed by atoms with Gasteiger partial charge in [-0.1, -0.05) is 17.7 Å². The summed E-state index contributed by atoms with van der Waals surface area (Å²) in [6.07, 6.45) is 1.11. The van der Waals surface area contributed by atoms with E-state index in [1.54, 1.807) is 13.8 Å². The molecular weight excluding hydrogens is 185 g/mol. The van der Waals surface area contributed by atoms with E-state index in [0.717, 1.165) is 6.08 Å². The summed E-state index contributed by atoms with van der Waals surface area (Å²) >= 11 is -2.15. The van der Waals surface area contributed by atoms with Crippen LogP contribution in [0.4, 0.5) is 0 Å². The number of carbonyl (C=O) groups is 1. The first kappa shape index (κ1) is 15.4. The second kappa shape index (κ2) is 6.38. The van der Waals surface area contributed by atoms with Crippen molar-refractivity contribution in [2.24, 2.45) is 0 Å². The van der Waals surface area contributed by atoms with Crippen LogP contribution in [0.5, 0.6) is 0 Å². The first-order valence-corrected chi connectivity index (χ1v) is 4.62. The van der Waals surface area contributed by atoms with Crippen LogP contribution in [-0.4, -0.2) is 26.0 Å². The van der Waals surface area contributed by atoms with Gasteiger partial charge in [0.25, 0.3) is 0 Å². The summed E-state index contributed by atoms with van der Waals surface area (Å²) in [4.78, 5) is 10.8. The number of amides is 1. The number of rotatable bonds is 4.